The number of anilines is 2. The zero-order valence-corrected chi connectivity index (χ0v) is 30.5. The summed E-state index contributed by atoms with van der Waals surface area (Å²) in [6, 6.07) is 15.2. The summed E-state index contributed by atoms with van der Waals surface area (Å²) < 4.78 is 99.7. The second-order valence-electron chi connectivity index (χ2n) is 14.6. The summed E-state index contributed by atoms with van der Waals surface area (Å²) in [6.07, 6.45) is 1.72. The predicted octanol–water partition coefficient (Wildman–Crippen LogP) is 5.37. The second kappa shape index (κ2) is 13.8. The van der Waals surface area contributed by atoms with Crippen LogP contribution in [0.4, 0.5) is 38.0 Å². The quantitative estimate of drug-likeness (QED) is 0.0795. The van der Waals surface area contributed by atoms with Crippen molar-refractivity contribution in [2.24, 2.45) is 0 Å². The molecule has 0 radical (unpaired) electrons. The molecule has 0 atom stereocenters. The van der Waals surface area contributed by atoms with Crippen molar-refractivity contribution in [2.45, 2.75) is 31.3 Å². The van der Waals surface area contributed by atoms with E-state index in [-0.39, 0.29) is 87.1 Å². The number of hydrogen-bond acceptors (Lipinski definition) is 10. The maximum Gasteiger partial charge on any atom is 0.361 e. The molecule has 2 aromatic heterocycles. The monoisotopic (exact) mass is 813 g/mol. The molecule has 3 aromatic carbocycles. The van der Waals surface area contributed by atoms with Gasteiger partial charge in [-0.25, -0.2) is 22.7 Å². The minimum atomic E-state index is -3.04. The number of halogens is 6. The molecule has 2 fully saturated rings. The molecular formula is C41H29F6N7O5. The van der Waals surface area contributed by atoms with Crippen LogP contribution in [0.5, 0.6) is 5.88 Å². The highest BCUT2D eigenvalue weighted by molar-refractivity contribution is 6.09. The van der Waals surface area contributed by atoms with Crippen LogP contribution in [0.3, 0.4) is 0 Å². The number of carbonyl (C=O) groups is 2. The highest BCUT2D eigenvalue weighted by atomic mass is 19.3. The number of fused-ring (bicyclic) bond motifs is 3. The number of carboxylic acids is 1. The molecule has 5 aromatic rings. The molecule has 12 nitrogen and oxygen atoms in total. The number of aromatic nitrogens is 4. The van der Waals surface area contributed by atoms with Crippen molar-refractivity contribution < 1.29 is 50.2 Å². The lowest BCUT2D eigenvalue weighted by Gasteiger charge is -2.40. The molecule has 0 bridgehead atoms. The zero-order chi connectivity index (χ0) is 41.4. The van der Waals surface area contributed by atoms with Crippen LogP contribution in [-0.4, -0.2) is 69.7 Å². The van der Waals surface area contributed by atoms with E-state index >= 15 is 8.78 Å². The number of aromatic amines is 1. The van der Waals surface area contributed by atoms with Crippen LogP contribution < -0.4 is 30.4 Å². The van der Waals surface area contributed by atoms with E-state index in [1.165, 1.54) is 30.6 Å². The molecule has 2 saturated heterocycles. The van der Waals surface area contributed by atoms with E-state index < -0.39 is 61.2 Å². The third kappa shape index (κ3) is 7.03. The lowest BCUT2D eigenvalue weighted by atomic mass is 9.88. The molecule has 9 rings (SSSR count). The Bertz CT molecular complexity index is 2900. The number of imidazole rings is 1. The van der Waals surface area contributed by atoms with Crippen molar-refractivity contribution >= 4 is 45.5 Å². The Hall–Kier alpha value is -6.98. The molecule has 0 unspecified atom stereocenters. The number of Topliss-reactive ketones (excluding diaryl/α,β-unsaturated/α-hetero) is 1. The number of carboxylic acid groups (broad SMARTS) is 1. The lowest BCUT2D eigenvalue weighted by Crippen LogP contribution is -2.58. The fourth-order valence-electron chi connectivity index (χ4n) is 7.43. The average molecular weight is 814 g/mol. The van der Waals surface area contributed by atoms with Crippen LogP contribution in [0.2, 0.25) is 0 Å². The number of alkyl halides is 4. The fraction of sp³-hybridized carbons (Fsp3) is 0.220. The molecule has 59 heavy (non-hydrogen) atoms. The molecule has 0 amide bonds. The maximum absolute atomic E-state index is 15.8. The minimum absolute atomic E-state index is 0.00522. The van der Waals surface area contributed by atoms with E-state index in [1.807, 2.05) is 24.3 Å². The summed E-state index contributed by atoms with van der Waals surface area (Å²) in [5, 5.41) is 12.3. The van der Waals surface area contributed by atoms with Gasteiger partial charge in [-0.15, -0.1) is 0 Å². The Balaban J connectivity index is 1.04. The maximum atomic E-state index is 15.8. The van der Waals surface area contributed by atoms with Crippen LogP contribution in [0.25, 0.3) is 44.6 Å². The third-order valence-corrected chi connectivity index (χ3v) is 10.4. The Kier molecular flexibility index (Phi) is 8.82. The fourth-order valence-corrected chi connectivity index (χ4v) is 7.43. The van der Waals surface area contributed by atoms with E-state index in [1.54, 1.807) is 0 Å². The van der Waals surface area contributed by atoms with Gasteiger partial charge in [-0.3, -0.25) is 4.79 Å². The van der Waals surface area contributed by atoms with Gasteiger partial charge in [0.15, 0.2) is 17.2 Å². The van der Waals surface area contributed by atoms with Gasteiger partial charge < -0.3 is 34.7 Å². The van der Waals surface area contributed by atoms with E-state index in [0.29, 0.717) is 11.2 Å². The number of nitrogens with two attached hydrogens (primary N) is 1. The number of H-pyrrole nitrogens is 1. The number of aryl methyl sites for hydroxylation is 1. The van der Waals surface area contributed by atoms with Gasteiger partial charge in [0.25, 0.3) is 5.92 Å². The van der Waals surface area contributed by atoms with E-state index in [9.17, 15) is 32.3 Å². The van der Waals surface area contributed by atoms with E-state index in [4.69, 9.17) is 14.9 Å². The summed E-state index contributed by atoms with van der Waals surface area (Å²) in [5.74, 6) is -9.90. The second-order valence-corrected chi connectivity index (χ2v) is 14.6. The molecule has 1 aliphatic carbocycles. The number of hydrogen-bond donors (Lipinski definition) is 2. The summed E-state index contributed by atoms with van der Waals surface area (Å²) in [5.41, 5.74) is 7.24. The molecule has 3 N–H and O–H groups in total. The topological polar surface area (TPSA) is 166 Å². The SMILES string of the molecule is Nc1nc(OCc2ccc(CCC(=O)c3ccc(C(=O)[O-])c(-c4c5cc(F)c(=[N+]6CC(F)(F)C6)cc-5oc5cc(N6CC(F)(F)C6)c(F)cc45)c3)cc2)c2[nH]cnc2n1. The van der Waals surface area contributed by atoms with Gasteiger partial charge in [0.1, 0.15) is 29.3 Å². The number of nitrogens with one attached hydrogen (secondary N) is 1. The Morgan fingerprint density at radius 1 is 0.915 bits per heavy atom. The van der Waals surface area contributed by atoms with Crippen LogP contribution in [-0.2, 0) is 13.0 Å². The first kappa shape index (κ1) is 37.6. The number of carbonyl (C=O) groups excluding carboxylic acids is 2. The first-order valence-corrected chi connectivity index (χ1v) is 18.2. The number of nitrogens with zero attached hydrogens (tertiary/aromatic N) is 5. The van der Waals surface area contributed by atoms with Gasteiger partial charge in [-0.05, 0) is 41.3 Å². The molecule has 300 valence electrons. The van der Waals surface area contributed by atoms with Crippen molar-refractivity contribution in [3.8, 4) is 28.3 Å². The first-order chi connectivity index (χ1) is 28.1. The van der Waals surface area contributed by atoms with Crippen molar-refractivity contribution in [1.82, 2.24) is 24.5 Å². The third-order valence-electron chi connectivity index (χ3n) is 10.4. The van der Waals surface area contributed by atoms with Gasteiger partial charge in [0.2, 0.25) is 30.3 Å². The average Bonchev–Trinajstić information content (AvgIpc) is 3.65. The van der Waals surface area contributed by atoms with Gasteiger partial charge >= 0.3 is 5.92 Å². The van der Waals surface area contributed by atoms with Gasteiger partial charge in [-0.1, -0.05) is 36.4 Å². The standard InChI is InChI=1S/C41H29F6N7O5/c42-27-10-25-32(12-29(27)53-15-40(44,45)16-53)59-33-13-30(54-17-41(46,47)18-54)28(43)11-26(33)34(25)24-9-22(6-7-23(24)38(56)57)31(55)8-5-20-1-3-21(4-2-20)14-58-37-35-36(50-19-49-35)51-39(48)52-37/h1-4,6-7,9-13,19H,5,8,14-18H2,(H3-,48,49,50,51,52,56,57). The first-order valence-electron chi connectivity index (χ1n) is 18.2. The molecular weight excluding hydrogens is 784 g/mol. The summed E-state index contributed by atoms with van der Waals surface area (Å²) in [7, 11) is 0. The largest absolute Gasteiger partial charge is 0.545 e. The lowest BCUT2D eigenvalue weighted by molar-refractivity contribution is -0.254. The summed E-state index contributed by atoms with van der Waals surface area (Å²) >= 11 is 0. The van der Waals surface area contributed by atoms with Gasteiger partial charge in [0.05, 0.1) is 37.1 Å². The van der Waals surface area contributed by atoms with Gasteiger partial charge in [0, 0.05) is 40.1 Å². The summed E-state index contributed by atoms with van der Waals surface area (Å²) in [6.45, 7) is -2.90. The Morgan fingerprint density at radius 3 is 2.37 bits per heavy atom. The Labute approximate surface area is 328 Å². The van der Waals surface area contributed by atoms with Crippen LogP contribution in [0.15, 0.2) is 77.5 Å². The number of benzene rings is 4. The van der Waals surface area contributed by atoms with Crippen molar-refractivity contribution in [3.63, 3.8) is 0 Å². The number of rotatable bonds is 10. The summed E-state index contributed by atoms with van der Waals surface area (Å²) in [4.78, 5) is 42.5. The molecule has 4 aliphatic rings. The minimum Gasteiger partial charge on any atom is -0.545 e. The van der Waals surface area contributed by atoms with Crippen molar-refractivity contribution in [3.05, 3.63) is 112 Å². The smallest absolute Gasteiger partial charge is 0.361 e. The van der Waals surface area contributed by atoms with E-state index in [0.717, 1.165) is 38.8 Å². The number of ether oxygens (including phenoxy) is 1. The number of aromatic carboxylic acids is 1. The van der Waals surface area contributed by atoms with Crippen LogP contribution >= 0.6 is 0 Å². The molecule has 5 heterocycles. The van der Waals surface area contributed by atoms with Crippen LogP contribution in [0, 0.1) is 11.6 Å². The van der Waals surface area contributed by atoms with E-state index in [2.05, 4.69) is 19.9 Å². The predicted molar refractivity (Wildman–Crippen MR) is 199 cm³/mol. The molecule has 3 aliphatic heterocycles. The van der Waals surface area contributed by atoms with Crippen LogP contribution in [0.1, 0.15) is 38.3 Å². The number of nitrogen functional groups attached to an aromatic ring is 1. The molecule has 18 heteroatoms. The number of ketones is 1. The van der Waals surface area contributed by atoms with Gasteiger partial charge in [-0.2, -0.15) is 23.1 Å². The zero-order valence-electron chi connectivity index (χ0n) is 30.5. The molecule has 0 spiro atoms. The van der Waals surface area contributed by atoms with Crippen molar-refractivity contribution in [1.29, 1.82) is 0 Å². The molecule has 0 saturated carbocycles. The highest BCUT2D eigenvalue weighted by Gasteiger charge is 2.50. The Morgan fingerprint density at radius 2 is 1.66 bits per heavy atom. The van der Waals surface area contributed by atoms with Crippen molar-refractivity contribution in [2.75, 3.05) is 36.8 Å². The highest BCUT2D eigenvalue weighted by Crippen LogP contribution is 2.44. The normalized spacial score (nSPS) is 15.7.